The monoisotopic (exact) mass is 455 g/mol. The van der Waals surface area contributed by atoms with Gasteiger partial charge in [-0.1, -0.05) is 36.4 Å². The van der Waals surface area contributed by atoms with Crippen LogP contribution >= 0.6 is 0 Å². The normalized spacial score (nSPS) is 12.4. The molecule has 1 aromatic carbocycles. The first-order valence-electron chi connectivity index (χ1n) is 11.2. The summed E-state index contributed by atoms with van der Waals surface area (Å²) in [4.78, 5) is 31.7. The smallest absolute Gasteiger partial charge is 0.234 e. The van der Waals surface area contributed by atoms with E-state index in [1.54, 1.807) is 12.4 Å². The molecule has 0 aliphatic carbocycles. The van der Waals surface area contributed by atoms with Crippen LogP contribution in [-0.2, 0) is 23.1 Å². The van der Waals surface area contributed by atoms with Gasteiger partial charge in [-0.15, -0.1) is 0 Å². The minimum absolute atomic E-state index is 0.446. The number of imidazole rings is 1. The Balaban J connectivity index is 1.68. The predicted molar refractivity (Wildman–Crippen MR) is 131 cm³/mol. The van der Waals surface area contributed by atoms with Crippen molar-refractivity contribution in [2.75, 3.05) is 0 Å². The van der Waals surface area contributed by atoms with Crippen LogP contribution in [0.15, 0.2) is 79.3 Å². The molecular weight excluding hydrogens is 426 g/mol. The quantitative estimate of drug-likeness (QED) is 0.276. The summed E-state index contributed by atoms with van der Waals surface area (Å²) in [7, 11) is 1.95. The van der Waals surface area contributed by atoms with Gasteiger partial charge in [0.2, 0.25) is 6.41 Å². The molecule has 0 saturated carbocycles. The topological polar surface area (TPSA) is 73.1 Å². The van der Waals surface area contributed by atoms with E-state index in [-0.39, 0.29) is 0 Å². The van der Waals surface area contributed by atoms with Gasteiger partial charge in [0.25, 0.3) is 0 Å². The van der Waals surface area contributed by atoms with Gasteiger partial charge in [0.1, 0.15) is 11.9 Å². The third-order valence-corrected chi connectivity index (χ3v) is 5.38. The Morgan fingerprint density at radius 1 is 0.941 bits per heavy atom. The van der Waals surface area contributed by atoms with Crippen LogP contribution in [0.5, 0.6) is 0 Å². The first-order valence-corrected chi connectivity index (χ1v) is 11.2. The van der Waals surface area contributed by atoms with E-state index in [9.17, 15) is 4.79 Å². The van der Waals surface area contributed by atoms with Crippen molar-refractivity contribution < 1.29 is 9.63 Å². The second-order valence-electron chi connectivity index (χ2n) is 9.06. The van der Waals surface area contributed by atoms with Crippen LogP contribution in [0.4, 0.5) is 0 Å². The van der Waals surface area contributed by atoms with E-state index in [4.69, 9.17) is 9.82 Å². The van der Waals surface area contributed by atoms with Crippen molar-refractivity contribution in [1.29, 1.82) is 0 Å². The van der Waals surface area contributed by atoms with E-state index in [1.165, 1.54) is 5.06 Å². The Bertz CT molecular complexity index is 1220. The summed E-state index contributed by atoms with van der Waals surface area (Å²) in [5.41, 5.74) is 4.24. The van der Waals surface area contributed by atoms with Gasteiger partial charge in [0.15, 0.2) is 0 Å². The lowest BCUT2D eigenvalue weighted by Crippen LogP contribution is -2.38. The number of pyridine rings is 2. The molecule has 0 bridgehead atoms. The minimum atomic E-state index is -0.543. The van der Waals surface area contributed by atoms with Crippen molar-refractivity contribution in [2.24, 2.45) is 7.05 Å². The Morgan fingerprint density at radius 2 is 1.62 bits per heavy atom. The van der Waals surface area contributed by atoms with E-state index in [0.717, 1.165) is 34.6 Å². The second-order valence-corrected chi connectivity index (χ2v) is 9.06. The lowest BCUT2D eigenvalue weighted by Gasteiger charge is -2.32. The Hall–Kier alpha value is -3.84. The van der Waals surface area contributed by atoms with Crippen molar-refractivity contribution in [1.82, 2.24) is 24.6 Å². The van der Waals surface area contributed by atoms with E-state index in [2.05, 4.69) is 34.2 Å². The van der Waals surface area contributed by atoms with Crippen molar-refractivity contribution in [3.05, 3.63) is 90.8 Å². The Kier molecular flexibility index (Phi) is 6.84. The van der Waals surface area contributed by atoms with Crippen LogP contribution in [0.1, 0.15) is 38.3 Å². The van der Waals surface area contributed by atoms with Gasteiger partial charge in [-0.05, 0) is 50.6 Å². The molecule has 4 rings (SSSR count). The van der Waals surface area contributed by atoms with Crippen LogP contribution < -0.4 is 0 Å². The number of amides is 1. The number of hydrogen-bond acceptors (Lipinski definition) is 5. The zero-order chi connectivity index (χ0) is 24.1. The molecule has 0 aliphatic heterocycles. The van der Waals surface area contributed by atoms with E-state index < -0.39 is 11.6 Å². The van der Waals surface area contributed by atoms with Crippen LogP contribution in [0.3, 0.4) is 0 Å². The molecule has 7 heteroatoms. The summed E-state index contributed by atoms with van der Waals surface area (Å²) in [5, 5.41) is 1.35. The van der Waals surface area contributed by atoms with Gasteiger partial charge in [-0.3, -0.25) is 19.6 Å². The molecule has 174 valence electrons. The van der Waals surface area contributed by atoms with Crippen LogP contribution in [-0.4, -0.2) is 36.6 Å². The lowest BCUT2D eigenvalue weighted by molar-refractivity contribution is -0.235. The average Bonchev–Trinajstić information content (AvgIpc) is 3.23. The first-order chi connectivity index (χ1) is 16.4. The summed E-state index contributed by atoms with van der Waals surface area (Å²) in [6.45, 7) is 5.73. The van der Waals surface area contributed by atoms with Crippen molar-refractivity contribution in [3.63, 3.8) is 0 Å². The molecule has 0 spiro atoms. The SMILES string of the molecule is Cn1c(-c2ccc(-c3ccccn3)cc2)cnc1[C@H](Cc1ccccn1)N(C=O)OC(C)(C)C. The summed E-state index contributed by atoms with van der Waals surface area (Å²) in [6, 6.07) is 19.4. The molecule has 3 heterocycles. The fourth-order valence-corrected chi connectivity index (χ4v) is 3.83. The molecule has 3 aromatic heterocycles. The van der Waals surface area contributed by atoms with Gasteiger partial charge in [0.05, 0.1) is 23.2 Å². The van der Waals surface area contributed by atoms with Gasteiger partial charge in [-0.2, -0.15) is 0 Å². The van der Waals surface area contributed by atoms with Crippen LogP contribution in [0.25, 0.3) is 22.5 Å². The molecule has 4 aromatic rings. The highest BCUT2D eigenvalue weighted by Crippen LogP contribution is 2.30. The van der Waals surface area contributed by atoms with Crippen LogP contribution in [0.2, 0.25) is 0 Å². The lowest BCUT2D eigenvalue weighted by atomic mass is 10.1. The van der Waals surface area contributed by atoms with Crippen molar-refractivity contribution >= 4 is 6.41 Å². The number of hydroxylamine groups is 2. The molecular formula is C27H29N5O2. The highest BCUT2D eigenvalue weighted by atomic mass is 16.7. The van der Waals surface area contributed by atoms with Gasteiger partial charge in [-0.25, -0.2) is 10.0 Å². The first kappa shape index (κ1) is 23.3. The molecule has 1 amide bonds. The standard InChI is InChI=1S/C27H29N5O2/c1-27(2,3)34-32(19-33)24(17-22-9-5-7-15-28-22)26-30-18-25(31(26)4)21-13-11-20(12-14-21)23-10-6-8-16-29-23/h5-16,18-19,24H,17H2,1-4H3/t24-/m0/s1. The highest BCUT2D eigenvalue weighted by Gasteiger charge is 2.29. The number of nitrogens with zero attached hydrogens (tertiary/aromatic N) is 5. The molecule has 0 radical (unpaired) electrons. The summed E-state index contributed by atoms with van der Waals surface area (Å²) in [6.07, 6.45) is 6.55. The Labute approximate surface area is 200 Å². The maximum Gasteiger partial charge on any atom is 0.234 e. The summed E-state index contributed by atoms with van der Waals surface area (Å²) >= 11 is 0. The van der Waals surface area contributed by atoms with Gasteiger partial charge < -0.3 is 4.57 Å². The number of hydrogen-bond donors (Lipinski definition) is 0. The minimum Gasteiger partial charge on any atom is -0.329 e. The summed E-state index contributed by atoms with van der Waals surface area (Å²) < 4.78 is 2.01. The van der Waals surface area contributed by atoms with E-state index >= 15 is 0 Å². The molecule has 7 nitrogen and oxygen atoms in total. The molecule has 0 saturated heterocycles. The van der Waals surface area contributed by atoms with Gasteiger partial charge in [0, 0.05) is 37.1 Å². The molecule has 0 aliphatic rings. The molecule has 0 N–H and O–H groups in total. The highest BCUT2D eigenvalue weighted by molar-refractivity contribution is 5.66. The third kappa shape index (κ3) is 5.38. The second kappa shape index (κ2) is 9.97. The van der Waals surface area contributed by atoms with E-state index in [1.807, 2.05) is 75.0 Å². The van der Waals surface area contributed by atoms with E-state index in [0.29, 0.717) is 12.2 Å². The molecule has 0 fully saturated rings. The van der Waals surface area contributed by atoms with Crippen LogP contribution in [0, 0.1) is 0 Å². The van der Waals surface area contributed by atoms with Crippen molar-refractivity contribution in [2.45, 2.75) is 38.8 Å². The zero-order valence-corrected chi connectivity index (χ0v) is 19.9. The van der Waals surface area contributed by atoms with Crippen molar-refractivity contribution in [3.8, 4) is 22.5 Å². The molecule has 0 unspecified atom stereocenters. The number of rotatable bonds is 8. The predicted octanol–water partition coefficient (Wildman–Crippen LogP) is 5.02. The summed E-state index contributed by atoms with van der Waals surface area (Å²) in [5.74, 6) is 0.714. The number of benzene rings is 1. The fraction of sp³-hybridized carbons (Fsp3) is 0.259. The number of carbonyl (C=O) groups is 1. The zero-order valence-electron chi connectivity index (χ0n) is 19.9. The maximum absolute atomic E-state index is 12.1. The fourth-order valence-electron chi connectivity index (χ4n) is 3.83. The Morgan fingerprint density at radius 3 is 2.21 bits per heavy atom. The average molecular weight is 456 g/mol. The third-order valence-electron chi connectivity index (χ3n) is 5.38. The number of aromatic nitrogens is 4. The largest absolute Gasteiger partial charge is 0.329 e. The van der Waals surface area contributed by atoms with Gasteiger partial charge >= 0.3 is 0 Å². The maximum atomic E-state index is 12.1. The number of carbonyl (C=O) groups excluding carboxylic acids is 1. The molecule has 1 atom stereocenters. The molecule has 34 heavy (non-hydrogen) atoms.